The molecule has 4 aliphatic carbocycles. The smallest absolute Gasteiger partial charge is 0.377 e. The van der Waals surface area contributed by atoms with E-state index in [1.807, 2.05) is 6.92 Å². The number of fused-ring (bicyclic) bond motifs is 3. The molecule has 0 aromatic carbocycles. The summed E-state index contributed by atoms with van der Waals surface area (Å²) in [5.74, 6) is -10.0. The summed E-state index contributed by atoms with van der Waals surface area (Å²) in [5, 5.41) is 7.60. The summed E-state index contributed by atoms with van der Waals surface area (Å²) < 4.78 is 48.0. The summed E-state index contributed by atoms with van der Waals surface area (Å²) >= 11 is 6.42. The fraction of sp³-hybridized carbons (Fsp3) is 0.836. The average Bonchev–Trinajstić information content (AvgIpc) is 1.46. The van der Waals surface area contributed by atoms with E-state index < -0.39 is 174 Å². The van der Waals surface area contributed by atoms with Crippen LogP contribution >= 0.6 is 11.6 Å². The Bertz CT molecular complexity index is 3000. The van der Waals surface area contributed by atoms with E-state index in [0.717, 1.165) is 59.6 Å². The van der Waals surface area contributed by atoms with Crippen LogP contribution in [0.2, 0.25) is 0 Å². The van der Waals surface area contributed by atoms with Crippen molar-refractivity contribution in [1.29, 1.82) is 0 Å². The molecule has 0 radical (unpaired) electrons. The minimum absolute atomic E-state index is 0.000789. The Balaban J connectivity index is 1.16. The number of carbonyl (C=O) groups excluding carboxylic acids is 12. The van der Waals surface area contributed by atoms with Crippen LogP contribution in [-0.4, -0.2) is 275 Å². The van der Waals surface area contributed by atoms with Crippen molar-refractivity contribution in [2.75, 3.05) is 88.7 Å². The molecule has 102 heavy (non-hydrogen) atoms. The zero-order valence-electron chi connectivity index (χ0n) is 62.2. The zero-order chi connectivity index (χ0) is 74.8. The molecule has 0 aromatic rings. The first-order valence-electron chi connectivity index (χ1n) is 37.8. The number of amides is 12. The van der Waals surface area contributed by atoms with Gasteiger partial charge in [-0.2, -0.15) is 13.2 Å². The molecule has 13 atom stereocenters. The quantitative estimate of drug-likeness (QED) is 0.229. The van der Waals surface area contributed by atoms with E-state index >= 15 is 28.8 Å². The van der Waals surface area contributed by atoms with Crippen LogP contribution in [0.3, 0.4) is 0 Å². The first-order chi connectivity index (χ1) is 48.2. The van der Waals surface area contributed by atoms with Crippen LogP contribution in [0.15, 0.2) is 0 Å². The first-order valence-corrected chi connectivity index (χ1v) is 38.3. The molecule has 12 amide bonds. The number of rotatable bonds is 10. The van der Waals surface area contributed by atoms with E-state index in [1.54, 1.807) is 18.7 Å². The van der Waals surface area contributed by atoms with E-state index in [9.17, 15) is 41.9 Å². The Morgan fingerprint density at radius 1 is 0.618 bits per heavy atom. The maximum absolute atomic E-state index is 15.9. The molecule has 574 valence electrons. The number of likely N-dealkylation sites (N-methyl/N-ethyl adjacent to an activating group) is 7. The highest BCUT2D eigenvalue weighted by atomic mass is 35.5. The second-order valence-corrected chi connectivity index (χ2v) is 32.0. The van der Waals surface area contributed by atoms with E-state index in [2.05, 4.69) is 22.9 Å². The number of morpholine rings is 1. The van der Waals surface area contributed by atoms with Gasteiger partial charge in [0.05, 0.1) is 57.3 Å². The molecular weight excluding hydrogens is 1350 g/mol. The van der Waals surface area contributed by atoms with Crippen LogP contribution in [0, 0.1) is 35.5 Å². The van der Waals surface area contributed by atoms with Crippen LogP contribution in [0.5, 0.6) is 0 Å². The van der Waals surface area contributed by atoms with Gasteiger partial charge in [0.1, 0.15) is 47.8 Å². The molecule has 8 aliphatic rings. The maximum atomic E-state index is 15.9. The number of carbonyl (C=O) groups is 12. The lowest BCUT2D eigenvalue weighted by molar-refractivity contribution is -0.182. The largest absolute Gasteiger partial charge is 0.393 e. The third kappa shape index (κ3) is 19.2. The zero-order valence-corrected chi connectivity index (χ0v) is 63.0. The summed E-state index contributed by atoms with van der Waals surface area (Å²) in [6.07, 6.45) is 5.68. The van der Waals surface area contributed by atoms with E-state index in [1.165, 1.54) is 73.8 Å². The van der Waals surface area contributed by atoms with Gasteiger partial charge in [0.15, 0.2) is 0 Å². The fourth-order valence-corrected chi connectivity index (χ4v) is 18.1. The highest BCUT2D eigenvalue weighted by molar-refractivity contribution is 6.21. The lowest BCUT2D eigenvalue weighted by Gasteiger charge is -2.44. The minimum Gasteiger partial charge on any atom is -0.377 e. The van der Waals surface area contributed by atoms with E-state index in [-0.39, 0.29) is 108 Å². The highest BCUT2D eigenvalue weighted by Gasteiger charge is 2.53. The molecule has 4 heterocycles. The van der Waals surface area contributed by atoms with Crippen LogP contribution in [0.25, 0.3) is 0 Å². The van der Waals surface area contributed by atoms with Crippen LogP contribution < -0.4 is 16.0 Å². The number of alkyl halides is 4. The van der Waals surface area contributed by atoms with Crippen molar-refractivity contribution >= 4 is 82.5 Å². The summed E-state index contributed by atoms with van der Waals surface area (Å²) in [4.78, 5) is 192. The van der Waals surface area contributed by atoms with Crippen LogP contribution in [0.1, 0.15) is 195 Å². The molecule has 3 N–H and O–H groups in total. The Morgan fingerprint density at radius 3 is 1.83 bits per heavy atom. The van der Waals surface area contributed by atoms with Gasteiger partial charge >= 0.3 is 6.18 Å². The number of hydrogen-bond donors (Lipinski definition) is 3. The van der Waals surface area contributed by atoms with Gasteiger partial charge in [-0.1, -0.05) is 91.9 Å². The van der Waals surface area contributed by atoms with Gasteiger partial charge in [-0.15, -0.1) is 11.6 Å². The summed E-state index contributed by atoms with van der Waals surface area (Å²) in [7, 11) is 10.1. The molecule has 5 unspecified atom stereocenters. The topological polar surface area (TPSA) is 279 Å². The lowest BCUT2D eigenvalue weighted by atomic mass is 9.78. The van der Waals surface area contributed by atoms with Gasteiger partial charge in [0.2, 0.25) is 70.9 Å². The Hall–Kier alpha value is -6.32. The van der Waals surface area contributed by atoms with Crippen LogP contribution in [0.4, 0.5) is 13.2 Å². The summed E-state index contributed by atoms with van der Waals surface area (Å²) in [6, 6.07) is -9.28. The number of ether oxygens (including phenoxy) is 1. The molecule has 4 saturated heterocycles. The van der Waals surface area contributed by atoms with Crippen molar-refractivity contribution in [1.82, 2.24) is 60.0 Å². The predicted molar refractivity (Wildman–Crippen MR) is 374 cm³/mol. The molecular formula is C73H116ClF3N12O13. The van der Waals surface area contributed by atoms with Crippen molar-refractivity contribution in [3.05, 3.63) is 0 Å². The number of nitrogens with one attached hydrogen (secondary N) is 3. The summed E-state index contributed by atoms with van der Waals surface area (Å²) in [6.45, 7) is 6.37. The molecule has 0 aromatic heterocycles. The van der Waals surface area contributed by atoms with E-state index in [4.69, 9.17) is 16.3 Å². The second-order valence-electron chi connectivity index (χ2n) is 31.4. The van der Waals surface area contributed by atoms with Gasteiger partial charge in [-0.25, -0.2) is 0 Å². The molecule has 8 fully saturated rings. The van der Waals surface area contributed by atoms with Gasteiger partial charge in [-0.3, -0.25) is 57.5 Å². The van der Waals surface area contributed by atoms with Gasteiger partial charge in [-0.05, 0) is 126 Å². The maximum Gasteiger partial charge on any atom is 0.393 e. The Morgan fingerprint density at radius 2 is 1.23 bits per heavy atom. The van der Waals surface area contributed by atoms with Crippen molar-refractivity contribution in [3.63, 3.8) is 0 Å². The second kappa shape index (κ2) is 35.6. The van der Waals surface area contributed by atoms with Crippen LogP contribution in [-0.2, 0) is 62.3 Å². The van der Waals surface area contributed by atoms with E-state index in [0.29, 0.717) is 57.3 Å². The molecule has 2 bridgehead atoms. The molecule has 25 nitrogen and oxygen atoms in total. The SMILES string of the molecule is CC[C@H](C)[C@@H]1NC(=O)[C@H](CC)N(C)C(=O)C[C@@H](C(=O)N2C3CCC2COC3)N(C)C(=O)[C@H](C2CCCCC2)N(C)C(=O)C2(CCCC2)NC(=O)[C@@H]2CCCN2C(=O)[C@H](CCC2CCC(C(F)(F)F)C(Cl)C2)NC(=O)CN(C)C(=O)[C@H](CC2CCC(C)CC2)N(C)C(=O)CN(C)C(=O)CN(C)C1=O. The number of halogens is 4. The molecule has 4 aliphatic heterocycles. The predicted octanol–water partition coefficient (Wildman–Crippen LogP) is 5.47. The molecule has 29 heteroatoms. The van der Waals surface area contributed by atoms with Crippen molar-refractivity contribution < 1.29 is 75.4 Å². The van der Waals surface area contributed by atoms with Crippen molar-refractivity contribution in [3.8, 4) is 0 Å². The Kier molecular flexibility index (Phi) is 28.4. The van der Waals surface area contributed by atoms with Gasteiger partial charge in [0.25, 0.3) is 0 Å². The minimum atomic E-state index is -4.51. The van der Waals surface area contributed by atoms with Crippen molar-refractivity contribution in [2.45, 2.75) is 266 Å². The van der Waals surface area contributed by atoms with Gasteiger partial charge in [0, 0.05) is 61.3 Å². The van der Waals surface area contributed by atoms with Gasteiger partial charge < -0.3 is 64.8 Å². The van der Waals surface area contributed by atoms with Crippen molar-refractivity contribution in [2.24, 2.45) is 35.5 Å². The standard InChI is InChI=1S/C73H116ClF3N12O13/c1-12-45(4)62-69(99)83(7)40-60(92)81(5)41-61(93)85(9)56(37-47-25-23-44(3)24-26-47)67(97)82(6)39-58(90)78-53(32-28-46-27-31-51(52(74)36-46)73(75,76)77)66(96)88-35-19-22-55(88)65(95)80-72(33-17-18-34-72)71(101)87(11)63(48-20-15-14-16-21-48)70(100)86(10)57(38-59(91)84(8)54(13-2)64(94)79-62)68(98)89-49-29-30-50(89)43-102-42-49/h44-57,62-63H,12-43H2,1-11H3,(H,78,90)(H,79,94)(H,80,95)/t44?,45-,46?,47?,49?,50?,51?,52?,53-,54-,55-,56-,57-,62-,63-/m0/s1. The fourth-order valence-electron chi connectivity index (χ4n) is 17.5. The third-order valence-corrected chi connectivity index (χ3v) is 24.9. The average molecular weight is 1460 g/mol. The third-order valence-electron chi connectivity index (χ3n) is 24.4. The normalized spacial score (nSPS) is 32.9. The summed E-state index contributed by atoms with van der Waals surface area (Å²) in [5.41, 5.74) is -1.56. The number of hydrogen-bond acceptors (Lipinski definition) is 13. The Labute approximate surface area is 605 Å². The first kappa shape index (κ1) is 81.4. The molecule has 8 rings (SSSR count). The molecule has 1 spiro atoms. The lowest BCUT2D eigenvalue weighted by Crippen LogP contribution is -2.65. The monoisotopic (exact) mass is 1460 g/mol. The number of nitrogens with zero attached hydrogens (tertiary/aromatic N) is 9. The molecule has 4 saturated carbocycles. The highest BCUT2D eigenvalue weighted by Crippen LogP contribution is 2.44.